The number of anilines is 1. The van der Waals surface area contributed by atoms with Crippen LogP contribution in [0.15, 0.2) is 12.3 Å². The molecule has 1 fully saturated rings. The first-order valence-corrected chi connectivity index (χ1v) is 6.55. The number of hydrogen-bond donors (Lipinski definition) is 1. The Morgan fingerprint density at radius 3 is 2.82 bits per heavy atom. The smallest absolute Gasteiger partial charge is 0.133 e. The van der Waals surface area contributed by atoms with Crippen LogP contribution in [0.1, 0.15) is 43.8 Å². The predicted molar refractivity (Wildman–Crippen MR) is 70.2 cm³/mol. The van der Waals surface area contributed by atoms with Crippen LogP contribution in [0.3, 0.4) is 0 Å². The summed E-state index contributed by atoms with van der Waals surface area (Å²) in [5.74, 6) is 2.58. The molecule has 0 atom stereocenters. The van der Waals surface area contributed by atoms with Crippen molar-refractivity contribution in [2.75, 3.05) is 25.0 Å². The lowest BCUT2D eigenvalue weighted by molar-refractivity contribution is 0.428. The molecule has 1 aromatic rings. The van der Waals surface area contributed by atoms with Crippen LogP contribution in [0.2, 0.25) is 0 Å². The van der Waals surface area contributed by atoms with Crippen molar-refractivity contribution in [2.45, 2.75) is 38.0 Å². The summed E-state index contributed by atoms with van der Waals surface area (Å²) < 4.78 is 0. The molecule has 0 saturated heterocycles. The molecule has 4 heteroatoms. The van der Waals surface area contributed by atoms with Crippen LogP contribution in [0.5, 0.6) is 0 Å². The Hall–Kier alpha value is -1.16. The third-order valence-electron chi connectivity index (χ3n) is 3.49. The van der Waals surface area contributed by atoms with Crippen LogP contribution in [0, 0.1) is 0 Å². The minimum atomic E-state index is 0.565. The Morgan fingerprint density at radius 2 is 2.12 bits per heavy atom. The van der Waals surface area contributed by atoms with Gasteiger partial charge in [-0.1, -0.05) is 19.3 Å². The summed E-state index contributed by atoms with van der Waals surface area (Å²) in [7, 11) is 2.03. The SMILES string of the molecule is CN(CCN)c1ccnc(C2CCCCC2)n1. The maximum absolute atomic E-state index is 5.56. The molecule has 0 aromatic carbocycles. The molecule has 0 spiro atoms. The standard InChI is InChI=1S/C13H22N4/c1-17(10-8-14)12-7-9-15-13(16-12)11-5-3-2-4-6-11/h7,9,11H,2-6,8,10,14H2,1H3. The molecule has 4 nitrogen and oxygen atoms in total. The van der Waals surface area contributed by atoms with Gasteiger partial charge in [-0.15, -0.1) is 0 Å². The minimum absolute atomic E-state index is 0.565. The largest absolute Gasteiger partial charge is 0.358 e. The molecule has 17 heavy (non-hydrogen) atoms. The zero-order valence-electron chi connectivity index (χ0n) is 10.6. The number of rotatable bonds is 4. The molecule has 1 aromatic heterocycles. The van der Waals surface area contributed by atoms with Gasteiger partial charge in [0.25, 0.3) is 0 Å². The van der Waals surface area contributed by atoms with Gasteiger partial charge < -0.3 is 10.6 Å². The van der Waals surface area contributed by atoms with E-state index in [0.29, 0.717) is 12.5 Å². The summed E-state index contributed by atoms with van der Waals surface area (Å²) >= 11 is 0. The summed E-state index contributed by atoms with van der Waals surface area (Å²) in [5, 5.41) is 0. The summed E-state index contributed by atoms with van der Waals surface area (Å²) in [5.41, 5.74) is 5.56. The number of aromatic nitrogens is 2. The summed E-state index contributed by atoms with van der Waals surface area (Å²) in [6.07, 6.45) is 8.35. The second-order valence-corrected chi connectivity index (χ2v) is 4.82. The monoisotopic (exact) mass is 234 g/mol. The zero-order chi connectivity index (χ0) is 12.1. The van der Waals surface area contributed by atoms with E-state index in [4.69, 9.17) is 5.73 Å². The van der Waals surface area contributed by atoms with Gasteiger partial charge >= 0.3 is 0 Å². The van der Waals surface area contributed by atoms with Crippen molar-refractivity contribution in [1.82, 2.24) is 9.97 Å². The van der Waals surface area contributed by atoms with E-state index in [1.165, 1.54) is 32.1 Å². The van der Waals surface area contributed by atoms with Crippen LogP contribution in [0.25, 0.3) is 0 Å². The first kappa shape index (κ1) is 12.3. The number of likely N-dealkylation sites (N-methyl/N-ethyl adjacent to an activating group) is 1. The van der Waals surface area contributed by atoms with Crippen LogP contribution < -0.4 is 10.6 Å². The maximum atomic E-state index is 5.56. The highest BCUT2D eigenvalue weighted by molar-refractivity contribution is 5.36. The Balaban J connectivity index is 2.09. The molecule has 0 unspecified atom stereocenters. The van der Waals surface area contributed by atoms with E-state index in [-0.39, 0.29) is 0 Å². The molecular weight excluding hydrogens is 212 g/mol. The molecule has 1 aliphatic carbocycles. The maximum Gasteiger partial charge on any atom is 0.133 e. The fourth-order valence-corrected chi connectivity index (χ4v) is 2.44. The molecule has 0 radical (unpaired) electrons. The van der Waals surface area contributed by atoms with Crippen molar-refractivity contribution < 1.29 is 0 Å². The number of nitrogens with two attached hydrogens (primary N) is 1. The van der Waals surface area contributed by atoms with Crippen LogP contribution in [-0.2, 0) is 0 Å². The van der Waals surface area contributed by atoms with Gasteiger partial charge in [-0.05, 0) is 18.9 Å². The number of nitrogens with zero attached hydrogens (tertiary/aromatic N) is 3. The molecule has 1 saturated carbocycles. The molecule has 1 aliphatic rings. The summed E-state index contributed by atoms with van der Waals surface area (Å²) in [4.78, 5) is 11.2. The van der Waals surface area contributed by atoms with Gasteiger partial charge in [-0.3, -0.25) is 0 Å². The van der Waals surface area contributed by atoms with Crippen molar-refractivity contribution in [2.24, 2.45) is 5.73 Å². The fraction of sp³-hybridized carbons (Fsp3) is 0.692. The molecular formula is C13H22N4. The number of hydrogen-bond acceptors (Lipinski definition) is 4. The molecule has 0 aliphatic heterocycles. The Morgan fingerprint density at radius 1 is 1.35 bits per heavy atom. The van der Waals surface area contributed by atoms with Crippen molar-refractivity contribution in [3.05, 3.63) is 18.1 Å². The topological polar surface area (TPSA) is 55.0 Å². The quantitative estimate of drug-likeness (QED) is 0.864. The van der Waals surface area contributed by atoms with Gasteiger partial charge in [0.15, 0.2) is 0 Å². The van der Waals surface area contributed by atoms with E-state index in [9.17, 15) is 0 Å². The van der Waals surface area contributed by atoms with Crippen LogP contribution in [0.4, 0.5) is 5.82 Å². The van der Waals surface area contributed by atoms with Crippen LogP contribution in [-0.4, -0.2) is 30.1 Å². The lowest BCUT2D eigenvalue weighted by Gasteiger charge is -2.22. The third kappa shape index (κ3) is 3.16. The minimum Gasteiger partial charge on any atom is -0.358 e. The molecule has 0 amide bonds. The van der Waals surface area contributed by atoms with Gasteiger partial charge in [-0.25, -0.2) is 9.97 Å². The molecule has 0 bridgehead atoms. The van der Waals surface area contributed by atoms with E-state index in [1.54, 1.807) is 0 Å². The molecule has 1 heterocycles. The van der Waals surface area contributed by atoms with Crippen molar-refractivity contribution in [1.29, 1.82) is 0 Å². The molecule has 2 N–H and O–H groups in total. The van der Waals surface area contributed by atoms with Gasteiger partial charge in [-0.2, -0.15) is 0 Å². The Kier molecular flexibility index (Phi) is 4.31. The first-order chi connectivity index (χ1) is 8.31. The average molecular weight is 234 g/mol. The Labute approximate surface area is 103 Å². The van der Waals surface area contributed by atoms with E-state index in [2.05, 4.69) is 14.9 Å². The summed E-state index contributed by atoms with van der Waals surface area (Å²) in [6.45, 7) is 1.49. The molecule has 94 valence electrons. The van der Waals surface area contributed by atoms with Gasteiger partial charge in [0, 0.05) is 32.3 Å². The lowest BCUT2D eigenvalue weighted by atomic mass is 9.89. The highest BCUT2D eigenvalue weighted by Gasteiger charge is 2.18. The fourth-order valence-electron chi connectivity index (χ4n) is 2.44. The van der Waals surface area contributed by atoms with E-state index >= 15 is 0 Å². The van der Waals surface area contributed by atoms with Gasteiger partial charge in [0.05, 0.1) is 0 Å². The van der Waals surface area contributed by atoms with Crippen molar-refractivity contribution >= 4 is 5.82 Å². The lowest BCUT2D eigenvalue weighted by Crippen LogP contribution is -2.26. The highest BCUT2D eigenvalue weighted by Crippen LogP contribution is 2.30. The first-order valence-electron chi connectivity index (χ1n) is 6.55. The highest BCUT2D eigenvalue weighted by atomic mass is 15.2. The predicted octanol–water partition coefficient (Wildman–Crippen LogP) is 1.92. The zero-order valence-corrected chi connectivity index (χ0v) is 10.6. The van der Waals surface area contributed by atoms with Crippen LogP contribution >= 0.6 is 0 Å². The van der Waals surface area contributed by atoms with Gasteiger partial charge in [0.2, 0.25) is 0 Å². The average Bonchev–Trinajstić information content (AvgIpc) is 2.40. The summed E-state index contributed by atoms with van der Waals surface area (Å²) in [6, 6.07) is 1.96. The van der Waals surface area contributed by atoms with E-state index in [0.717, 1.165) is 18.2 Å². The van der Waals surface area contributed by atoms with E-state index < -0.39 is 0 Å². The second kappa shape index (κ2) is 5.96. The third-order valence-corrected chi connectivity index (χ3v) is 3.49. The second-order valence-electron chi connectivity index (χ2n) is 4.82. The van der Waals surface area contributed by atoms with E-state index in [1.807, 2.05) is 19.3 Å². The van der Waals surface area contributed by atoms with Crippen molar-refractivity contribution in [3.63, 3.8) is 0 Å². The molecule has 2 rings (SSSR count). The van der Waals surface area contributed by atoms with Crippen molar-refractivity contribution in [3.8, 4) is 0 Å². The normalized spacial score (nSPS) is 17.1. The Bertz CT molecular complexity index is 347. The van der Waals surface area contributed by atoms with Gasteiger partial charge in [0.1, 0.15) is 11.6 Å².